The zero-order valence-corrected chi connectivity index (χ0v) is 15.6. The van der Waals surface area contributed by atoms with Crippen molar-refractivity contribution in [2.45, 2.75) is 26.3 Å². The number of hydrogen-bond donors (Lipinski definition) is 1. The predicted molar refractivity (Wildman–Crippen MR) is 95.2 cm³/mol. The Bertz CT molecular complexity index is 581. The van der Waals surface area contributed by atoms with E-state index in [1.165, 1.54) is 12.1 Å². The van der Waals surface area contributed by atoms with Crippen molar-refractivity contribution >= 4 is 27.9 Å². The van der Waals surface area contributed by atoms with E-state index in [1.807, 2.05) is 13.0 Å². The highest BCUT2D eigenvalue weighted by Crippen LogP contribution is 2.19. The van der Waals surface area contributed by atoms with Gasteiger partial charge in [0.05, 0.1) is 12.5 Å². The molecule has 0 atom stereocenters. The Morgan fingerprint density at radius 2 is 2.12 bits per heavy atom. The van der Waals surface area contributed by atoms with Gasteiger partial charge in [-0.15, -0.1) is 0 Å². The first-order valence-electron chi connectivity index (χ1n) is 8.10. The van der Waals surface area contributed by atoms with Crippen molar-refractivity contribution in [3.8, 4) is 0 Å². The van der Waals surface area contributed by atoms with Crippen LogP contribution >= 0.6 is 15.9 Å². The molecule has 0 unspecified atom stereocenters. The van der Waals surface area contributed by atoms with E-state index in [9.17, 15) is 9.18 Å². The van der Waals surface area contributed by atoms with Crippen LogP contribution in [0.4, 0.5) is 4.39 Å². The highest BCUT2D eigenvalue weighted by atomic mass is 79.9. The van der Waals surface area contributed by atoms with Crippen LogP contribution in [0.15, 0.2) is 27.7 Å². The van der Waals surface area contributed by atoms with Crippen LogP contribution < -0.4 is 5.32 Å². The summed E-state index contributed by atoms with van der Waals surface area (Å²) < 4.78 is 19.2. The summed E-state index contributed by atoms with van der Waals surface area (Å²) in [7, 11) is 1.72. The first-order chi connectivity index (χ1) is 11.5. The smallest absolute Gasteiger partial charge is 0.309 e. The molecule has 1 fully saturated rings. The number of aliphatic imine (C=N–C) groups is 1. The van der Waals surface area contributed by atoms with E-state index in [0.717, 1.165) is 37.5 Å². The third kappa shape index (κ3) is 5.19. The molecular weight excluding hydrogens is 377 g/mol. The second-order valence-electron chi connectivity index (χ2n) is 5.69. The molecule has 7 heteroatoms. The molecule has 1 aromatic carbocycles. The first kappa shape index (κ1) is 18.7. The fraction of sp³-hybridized carbons (Fsp3) is 0.529. The minimum Gasteiger partial charge on any atom is -0.466 e. The lowest BCUT2D eigenvalue weighted by Gasteiger charge is -2.33. The van der Waals surface area contributed by atoms with Gasteiger partial charge in [0.25, 0.3) is 0 Å². The summed E-state index contributed by atoms with van der Waals surface area (Å²) in [5, 5.41) is 3.25. The van der Waals surface area contributed by atoms with Crippen LogP contribution in [0.25, 0.3) is 0 Å². The number of ether oxygens (including phenoxy) is 1. The molecule has 1 heterocycles. The molecule has 1 saturated heterocycles. The van der Waals surface area contributed by atoms with Crippen LogP contribution in [-0.4, -0.2) is 43.6 Å². The number of esters is 1. The Hall–Kier alpha value is -1.63. The van der Waals surface area contributed by atoms with E-state index in [0.29, 0.717) is 17.6 Å². The number of halogens is 2. The number of piperidine rings is 1. The number of guanidine groups is 1. The van der Waals surface area contributed by atoms with Crippen molar-refractivity contribution in [2.24, 2.45) is 10.9 Å². The van der Waals surface area contributed by atoms with Crippen LogP contribution in [0, 0.1) is 11.7 Å². The number of carbonyl (C=O) groups is 1. The minimum absolute atomic E-state index is 0.0292. The first-order valence-corrected chi connectivity index (χ1v) is 8.90. The van der Waals surface area contributed by atoms with Crippen LogP contribution in [0.1, 0.15) is 25.3 Å². The summed E-state index contributed by atoms with van der Waals surface area (Å²) in [5.41, 5.74) is 0.837. The zero-order valence-electron chi connectivity index (χ0n) is 14.0. The molecule has 0 saturated carbocycles. The van der Waals surface area contributed by atoms with E-state index < -0.39 is 0 Å². The van der Waals surface area contributed by atoms with E-state index in [4.69, 9.17) is 4.74 Å². The van der Waals surface area contributed by atoms with Crippen molar-refractivity contribution in [2.75, 3.05) is 26.7 Å². The van der Waals surface area contributed by atoms with Gasteiger partial charge in [-0.05, 0) is 43.5 Å². The monoisotopic (exact) mass is 399 g/mol. The van der Waals surface area contributed by atoms with Crippen molar-refractivity contribution in [1.29, 1.82) is 0 Å². The van der Waals surface area contributed by atoms with Crippen molar-refractivity contribution in [3.63, 3.8) is 0 Å². The molecule has 0 aromatic heterocycles. The molecule has 0 spiro atoms. The number of rotatable bonds is 4. The Balaban J connectivity index is 1.88. The maximum atomic E-state index is 13.4. The highest BCUT2D eigenvalue weighted by molar-refractivity contribution is 9.10. The zero-order chi connectivity index (χ0) is 17.5. The van der Waals surface area contributed by atoms with Gasteiger partial charge in [0, 0.05) is 31.2 Å². The lowest BCUT2D eigenvalue weighted by atomic mass is 9.97. The third-order valence-corrected chi connectivity index (χ3v) is 4.46. The van der Waals surface area contributed by atoms with Crippen LogP contribution in [-0.2, 0) is 16.1 Å². The number of carbonyl (C=O) groups excluding carboxylic acids is 1. The molecule has 24 heavy (non-hydrogen) atoms. The molecule has 1 N–H and O–H groups in total. The fourth-order valence-corrected chi connectivity index (χ4v) is 3.33. The van der Waals surface area contributed by atoms with Gasteiger partial charge in [0.2, 0.25) is 0 Å². The highest BCUT2D eigenvalue weighted by Gasteiger charge is 2.27. The van der Waals surface area contributed by atoms with Gasteiger partial charge in [-0.25, -0.2) is 4.39 Å². The average molecular weight is 400 g/mol. The van der Waals surface area contributed by atoms with Crippen LogP contribution in [0.5, 0.6) is 0 Å². The van der Waals surface area contributed by atoms with Gasteiger partial charge in [-0.3, -0.25) is 9.79 Å². The molecule has 132 valence electrons. The number of likely N-dealkylation sites (tertiary alicyclic amines) is 1. The molecule has 2 rings (SSSR count). The summed E-state index contributed by atoms with van der Waals surface area (Å²) >= 11 is 3.29. The van der Waals surface area contributed by atoms with Crippen LogP contribution in [0.3, 0.4) is 0 Å². The normalized spacial score (nSPS) is 16.2. The molecule has 5 nitrogen and oxygen atoms in total. The second kappa shape index (κ2) is 9.01. The van der Waals surface area contributed by atoms with Gasteiger partial charge >= 0.3 is 5.97 Å². The third-order valence-electron chi connectivity index (χ3n) is 4.00. The topological polar surface area (TPSA) is 53.9 Å². The molecule has 0 bridgehead atoms. The summed E-state index contributed by atoms with van der Waals surface area (Å²) in [6, 6.07) is 4.80. The molecule has 0 amide bonds. The summed E-state index contributed by atoms with van der Waals surface area (Å²) in [6.45, 7) is 4.22. The summed E-state index contributed by atoms with van der Waals surface area (Å²) in [5.74, 6) is 0.354. The molecular formula is C17H23BrFN3O2. The number of nitrogens with zero attached hydrogens (tertiary/aromatic N) is 2. The van der Waals surface area contributed by atoms with Gasteiger partial charge in [-0.2, -0.15) is 0 Å². The predicted octanol–water partition coefficient (Wildman–Crippen LogP) is 2.94. The molecule has 1 aliphatic heterocycles. The maximum Gasteiger partial charge on any atom is 0.309 e. The van der Waals surface area contributed by atoms with E-state index in [-0.39, 0.29) is 17.7 Å². The molecule has 1 aliphatic rings. The maximum absolute atomic E-state index is 13.4. The lowest BCUT2D eigenvalue weighted by Crippen LogP contribution is -2.46. The van der Waals surface area contributed by atoms with Gasteiger partial charge in [0.1, 0.15) is 5.82 Å². The van der Waals surface area contributed by atoms with Crippen LogP contribution in [0.2, 0.25) is 0 Å². The Kier molecular flexibility index (Phi) is 7.02. The number of hydrogen-bond acceptors (Lipinski definition) is 3. The summed E-state index contributed by atoms with van der Waals surface area (Å²) in [4.78, 5) is 18.2. The number of benzene rings is 1. The van der Waals surface area contributed by atoms with E-state index in [2.05, 4.69) is 31.1 Å². The Labute approximate surface area is 150 Å². The van der Waals surface area contributed by atoms with Crippen molar-refractivity contribution in [3.05, 3.63) is 34.1 Å². The molecule has 0 aliphatic carbocycles. The van der Waals surface area contributed by atoms with Crippen molar-refractivity contribution < 1.29 is 13.9 Å². The fourth-order valence-electron chi connectivity index (χ4n) is 2.81. The van der Waals surface area contributed by atoms with Gasteiger partial charge < -0.3 is 15.0 Å². The molecule has 1 aromatic rings. The molecule has 0 radical (unpaired) electrons. The second-order valence-corrected chi connectivity index (χ2v) is 6.61. The minimum atomic E-state index is -0.272. The van der Waals surface area contributed by atoms with E-state index in [1.54, 1.807) is 7.05 Å². The standard InChI is InChI=1S/C17H23BrFN3O2/c1-3-24-16(23)13-4-6-22(7-5-13)17(20-2)21-11-12-8-14(18)10-15(19)9-12/h8-10,13H,3-7,11H2,1-2H3,(H,20,21). The average Bonchev–Trinajstić information content (AvgIpc) is 2.55. The lowest BCUT2D eigenvalue weighted by molar-refractivity contribution is -0.149. The Morgan fingerprint density at radius 1 is 1.42 bits per heavy atom. The summed E-state index contributed by atoms with van der Waals surface area (Å²) in [6.07, 6.45) is 1.51. The Morgan fingerprint density at radius 3 is 2.71 bits per heavy atom. The van der Waals surface area contributed by atoms with Gasteiger partial charge in [-0.1, -0.05) is 15.9 Å². The van der Waals surface area contributed by atoms with Crippen molar-refractivity contribution in [1.82, 2.24) is 10.2 Å². The SMILES string of the molecule is CCOC(=O)C1CCN(C(=NC)NCc2cc(F)cc(Br)c2)CC1. The van der Waals surface area contributed by atoms with E-state index >= 15 is 0 Å². The van der Waals surface area contributed by atoms with Gasteiger partial charge in [0.15, 0.2) is 5.96 Å². The quantitative estimate of drug-likeness (QED) is 0.480. The number of nitrogens with one attached hydrogen (secondary N) is 1. The largest absolute Gasteiger partial charge is 0.466 e.